The largest absolute Gasteiger partial charge is 0.309 e. The van der Waals surface area contributed by atoms with Gasteiger partial charge in [-0.2, -0.15) is 0 Å². The topological polar surface area (TPSA) is 24.9 Å². The summed E-state index contributed by atoms with van der Waals surface area (Å²) in [4.78, 5) is 5.86. The van der Waals surface area contributed by atoms with E-state index in [1.54, 1.807) is 0 Å². The average molecular weight is 254 g/mol. The Kier molecular flexibility index (Phi) is 5.14. The summed E-state index contributed by atoms with van der Waals surface area (Å²) >= 11 is 1.83. The molecular weight excluding hydrogens is 228 g/mol. The van der Waals surface area contributed by atoms with Crippen molar-refractivity contribution in [1.82, 2.24) is 10.3 Å². The zero-order valence-corrected chi connectivity index (χ0v) is 12.8. The minimum Gasteiger partial charge on any atom is -0.309 e. The minimum atomic E-state index is 0.172. The zero-order chi connectivity index (χ0) is 13.1. The van der Waals surface area contributed by atoms with Gasteiger partial charge in [-0.25, -0.2) is 4.98 Å². The molecule has 0 bridgehead atoms. The number of hydrogen-bond acceptors (Lipinski definition) is 3. The molecule has 0 aliphatic rings. The van der Waals surface area contributed by atoms with Gasteiger partial charge in [0, 0.05) is 29.1 Å². The lowest BCUT2D eigenvalue weighted by Crippen LogP contribution is -2.32. The fraction of sp³-hybridized carbons (Fsp3) is 0.786. The monoisotopic (exact) mass is 254 g/mol. The number of nitrogens with zero attached hydrogens (tertiary/aromatic N) is 1. The number of rotatable bonds is 5. The predicted octanol–water partition coefficient (Wildman–Crippen LogP) is 3.96. The molecule has 3 heteroatoms. The summed E-state index contributed by atoms with van der Waals surface area (Å²) in [6, 6.07) is 0.607. The molecule has 1 heterocycles. The first-order chi connectivity index (χ1) is 7.84. The molecule has 0 aliphatic carbocycles. The van der Waals surface area contributed by atoms with Gasteiger partial charge in [0.25, 0.3) is 0 Å². The molecule has 0 aliphatic heterocycles. The van der Waals surface area contributed by atoms with Crippen LogP contribution in [0.5, 0.6) is 0 Å². The van der Waals surface area contributed by atoms with Gasteiger partial charge in [-0.3, -0.25) is 0 Å². The normalized spacial score (nSPS) is 14.3. The number of thiazole rings is 1. The highest BCUT2D eigenvalue weighted by Crippen LogP contribution is 2.26. The molecule has 1 N–H and O–H groups in total. The Morgan fingerprint density at radius 1 is 1.35 bits per heavy atom. The SMILES string of the molecule is CCC(NCc1cnc(C(C)(C)C)s1)C(C)C. The van der Waals surface area contributed by atoms with Crippen LogP contribution >= 0.6 is 11.3 Å². The van der Waals surface area contributed by atoms with Gasteiger partial charge < -0.3 is 5.32 Å². The van der Waals surface area contributed by atoms with Gasteiger partial charge in [-0.15, -0.1) is 11.3 Å². The van der Waals surface area contributed by atoms with Crippen molar-refractivity contribution >= 4 is 11.3 Å². The zero-order valence-electron chi connectivity index (χ0n) is 12.0. The maximum absolute atomic E-state index is 4.51. The predicted molar refractivity (Wildman–Crippen MR) is 76.6 cm³/mol. The summed E-state index contributed by atoms with van der Waals surface area (Å²) in [5.41, 5.74) is 0.172. The minimum absolute atomic E-state index is 0.172. The summed E-state index contributed by atoms with van der Waals surface area (Å²) in [6.45, 7) is 14.4. The van der Waals surface area contributed by atoms with Gasteiger partial charge in [0.2, 0.25) is 0 Å². The molecule has 0 saturated heterocycles. The third-order valence-corrected chi connectivity index (χ3v) is 4.40. The van der Waals surface area contributed by atoms with Crippen molar-refractivity contribution in [3.05, 3.63) is 16.1 Å². The van der Waals surface area contributed by atoms with Gasteiger partial charge in [-0.1, -0.05) is 41.5 Å². The van der Waals surface area contributed by atoms with Crippen molar-refractivity contribution in [2.75, 3.05) is 0 Å². The Morgan fingerprint density at radius 2 is 2.00 bits per heavy atom. The Bertz CT molecular complexity index is 336. The van der Waals surface area contributed by atoms with Crippen LogP contribution < -0.4 is 5.32 Å². The molecular formula is C14H26N2S. The summed E-state index contributed by atoms with van der Waals surface area (Å²) in [5, 5.41) is 4.85. The Hall–Kier alpha value is -0.410. The van der Waals surface area contributed by atoms with Crippen LogP contribution in [0.15, 0.2) is 6.20 Å². The molecule has 1 unspecified atom stereocenters. The molecule has 1 aromatic heterocycles. The molecule has 0 spiro atoms. The molecule has 17 heavy (non-hydrogen) atoms. The first-order valence-corrected chi connectivity index (χ1v) is 7.34. The van der Waals surface area contributed by atoms with Crippen LogP contribution in [0.25, 0.3) is 0 Å². The van der Waals surface area contributed by atoms with E-state index >= 15 is 0 Å². The van der Waals surface area contributed by atoms with Gasteiger partial charge >= 0.3 is 0 Å². The van der Waals surface area contributed by atoms with Crippen LogP contribution in [0, 0.1) is 5.92 Å². The highest BCUT2D eigenvalue weighted by molar-refractivity contribution is 7.11. The van der Waals surface area contributed by atoms with E-state index in [4.69, 9.17) is 0 Å². The van der Waals surface area contributed by atoms with E-state index in [-0.39, 0.29) is 5.41 Å². The van der Waals surface area contributed by atoms with Crippen LogP contribution in [0.3, 0.4) is 0 Å². The van der Waals surface area contributed by atoms with Crippen LogP contribution in [-0.2, 0) is 12.0 Å². The molecule has 2 nitrogen and oxygen atoms in total. The van der Waals surface area contributed by atoms with Crippen molar-refractivity contribution in [1.29, 1.82) is 0 Å². The van der Waals surface area contributed by atoms with Crippen molar-refractivity contribution in [3.63, 3.8) is 0 Å². The maximum Gasteiger partial charge on any atom is 0.0981 e. The third kappa shape index (κ3) is 4.40. The van der Waals surface area contributed by atoms with Crippen LogP contribution in [0.1, 0.15) is 57.8 Å². The van der Waals surface area contributed by atoms with Gasteiger partial charge in [0.15, 0.2) is 0 Å². The number of aromatic nitrogens is 1. The standard InChI is InChI=1S/C14H26N2S/c1-7-12(10(2)3)15-8-11-9-16-13(17-11)14(4,5)6/h9-10,12,15H,7-8H2,1-6H3. The van der Waals surface area contributed by atoms with Crippen LogP contribution in [0.2, 0.25) is 0 Å². The van der Waals surface area contributed by atoms with Crippen molar-refractivity contribution < 1.29 is 0 Å². The second kappa shape index (κ2) is 5.96. The maximum atomic E-state index is 4.51. The summed E-state index contributed by atoms with van der Waals surface area (Å²) < 4.78 is 0. The molecule has 0 amide bonds. The van der Waals surface area contributed by atoms with E-state index in [0.717, 1.165) is 6.54 Å². The van der Waals surface area contributed by atoms with Crippen molar-refractivity contribution in [2.45, 2.75) is 66.0 Å². The van der Waals surface area contributed by atoms with Gasteiger partial charge in [0.05, 0.1) is 5.01 Å². The van der Waals surface area contributed by atoms with Crippen LogP contribution in [-0.4, -0.2) is 11.0 Å². The lowest BCUT2D eigenvalue weighted by molar-refractivity contribution is 0.388. The molecule has 1 aromatic rings. The smallest absolute Gasteiger partial charge is 0.0981 e. The first-order valence-electron chi connectivity index (χ1n) is 6.53. The molecule has 0 saturated carbocycles. The molecule has 0 fully saturated rings. The van der Waals surface area contributed by atoms with E-state index in [0.29, 0.717) is 12.0 Å². The summed E-state index contributed by atoms with van der Waals surface area (Å²) in [6.07, 6.45) is 3.20. The molecule has 0 radical (unpaired) electrons. The van der Waals surface area contributed by atoms with E-state index < -0.39 is 0 Å². The third-order valence-electron chi connectivity index (χ3n) is 2.98. The number of hydrogen-bond donors (Lipinski definition) is 1. The second-order valence-electron chi connectivity index (χ2n) is 6.02. The average Bonchev–Trinajstić information content (AvgIpc) is 2.66. The lowest BCUT2D eigenvalue weighted by atomic mass is 9.98. The summed E-state index contributed by atoms with van der Waals surface area (Å²) in [7, 11) is 0. The Morgan fingerprint density at radius 3 is 2.41 bits per heavy atom. The molecule has 0 aromatic carbocycles. The fourth-order valence-electron chi connectivity index (χ4n) is 1.82. The van der Waals surface area contributed by atoms with E-state index in [1.807, 2.05) is 17.5 Å². The quantitative estimate of drug-likeness (QED) is 0.860. The van der Waals surface area contributed by atoms with E-state index in [9.17, 15) is 0 Å². The molecule has 1 rings (SSSR count). The van der Waals surface area contributed by atoms with Crippen molar-refractivity contribution in [2.24, 2.45) is 5.92 Å². The highest BCUT2D eigenvalue weighted by atomic mass is 32.1. The van der Waals surface area contributed by atoms with Gasteiger partial charge in [-0.05, 0) is 12.3 Å². The fourth-order valence-corrected chi connectivity index (χ4v) is 2.74. The van der Waals surface area contributed by atoms with Crippen LogP contribution in [0.4, 0.5) is 0 Å². The van der Waals surface area contributed by atoms with E-state index in [1.165, 1.54) is 16.3 Å². The lowest BCUT2D eigenvalue weighted by Gasteiger charge is -2.20. The molecule has 1 atom stereocenters. The number of nitrogens with one attached hydrogen (secondary N) is 1. The van der Waals surface area contributed by atoms with E-state index in [2.05, 4.69) is 51.8 Å². The summed E-state index contributed by atoms with van der Waals surface area (Å²) in [5.74, 6) is 0.690. The Balaban J connectivity index is 2.56. The first kappa shape index (κ1) is 14.7. The highest BCUT2D eigenvalue weighted by Gasteiger charge is 2.18. The Labute approximate surface area is 110 Å². The van der Waals surface area contributed by atoms with Gasteiger partial charge in [0.1, 0.15) is 0 Å². The van der Waals surface area contributed by atoms with Crippen molar-refractivity contribution in [3.8, 4) is 0 Å². The molecule has 98 valence electrons. The second-order valence-corrected chi connectivity index (χ2v) is 7.14.